The van der Waals surface area contributed by atoms with Crippen LogP contribution in [0.5, 0.6) is 5.75 Å². The monoisotopic (exact) mass is 561 g/mol. The molecule has 1 aromatic carbocycles. The van der Waals surface area contributed by atoms with Crippen LogP contribution in [0.15, 0.2) is 41.3 Å². The number of aliphatic hydroxyl groups excluding tert-OH is 2. The van der Waals surface area contributed by atoms with Crippen molar-refractivity contribution in [1.82, 2.24) is 9.55 Å². The molecule has 0 aliphatic carbocycles. The highest BCUT2D eigenvalue weighted by Gasteiger charge is 2.47. The lowest BCUT2D eigenvalue weighted by Crippen LogP contribution is -2.33. The van der Waals surface area contributed by atoms with Gasteiger partial charge in [-0.05, 0) is 24.6 Å². The van der Waals surface area contributed by atoms with E-state index in [9.17, 15) is 24.0 Å². The fourth-order valence-electron chi connectivity index (χ4n) is 3.65. The van der Waals surface area contributed by atoms with Crippen molar-refractivity contribution in [3.05, 3.63) is 52.0 Å². The third-order valence-corrected chi connectivity index (χ3v) is 8.71. The molecule has 0 amide bonds. The Bertz CT molecular complexity index is 1180. The van der Waals surface area contributed by atoms with E-state index in [-0.39, 0.29) is 23.0 Å². The molecule has 2 radical (unpaired) electrons. The van der Waals surface area contributed by atoms with Crippen LogP contribution in [-0.4, -0.2) is 76.6 Å². The van der Waals surface area contributed by atoms with E-state index in [0.717, 1.165) is 16.3 Å². The van der Waals surface area contributed by atoms with E-state index >= 15 is 0 Å². The highest BCUT2D eigenvalue weighted by Crippen LogP contribution is 2.53. The van der Waals surface area contributed by atoms with Crippen LogP contribution in [0.3, 0.4) is 0 Å². The van der Waals surface area contributed by atoms with Gasteiger partial charge in [-0.25, -0.2) is 13.8 Å². The molecule has 1 aromatic heterocycles. The zero-order valence-corrected chi connectivity index (χ0v) is 21.1. The van der Waals surface area contributed by atoms with Gasteiger partial charge in [-0.15, -0.1) is 11.8 Å². The summed E-state index contributed by atoms with van der Waals surface area (Å²) in [5.74, 6) is -0.0327. The van der Waals surface area contributed by atoms with Crippen molar-refractivity contribution >= 4 is 44.8 Å². The Morgan fingerprint density at radius 1 is 1.31 bits per heavy atom. The van der Waals surface area contributed by atoms with Crippen LogP contribution in [0.2, 0.25) is 5.02 Å². The number of hydrogen-bond donors (Lipinski definition) is 3. The van der Waals surface area contributed by atoms with Crippen LogP contribution in [0.4, 0.5) is 10.2 Å². The lowest BCUT2D eigenvalue weighted by atomic mass is 9.96. The number of ether oxygens (including phenoxy) is 1. The maximum absolute atomic E-state index is 14.9. The van der Waals surface area contributed by atoms with Gasteiger partial charge in [-0.3, -0.25) is 13.6 Å². The lowest BCUT2D eigenvalue weighted by Gasteiger charge is -2.23. The average Bonchev–Trinajstić information content (AvgIpc) is 3.30. The molecule has 8 atom stereocenters. The molecule has 4 rings (SSSR count). The molecule has 0 bridgehead atoms. The molecule has 16 heteroatoms. The zero-order valence-electron chi connectivity index (χ0n) is 18.6. The highest BCUT2D eigenvalue weighted by molar-refractivity contribution is 8.00. The molecule has 1 unspecified atom stereocenters. The molecule has 0 spiro atoms. The first kappa shape index (κ1) is 27.4. The van der Waals surface area contributed by atoms with Crippen molar-refractivity contribution in [2.75, 3.05) is 18.9 Å². The molecular weight excluding hydrogens is 539 g/mol. The Balaban J connectivity index is 1.48. The van der Waals surface area contributed by atoms with Gasteiger partial charge in [0.25, 0.3) is 0 Å². The second-order valence-electron chi connectivity index (χ2n) is 8.12. The summed E-state index contributed by atoms with van der Waals surface area (Å²) in [7, 11) is 1.23. The maximum atomic E-state index is 14.9. The summed E-state index contributed by atoms with van der Waals surface area (Å²) < 4.78 is 51.1. The fourth-order valence-corrected chi connectivity index (χ4v) is 6.65. The standard InChI is InChI=1S/C20H23BClFN3O8PS/c21-15-7-11(27)13(33-15)8-31-35(30,34-12-4-2-1-3-10(12)22)32-9-14-18(28)17(23)19(36-14)26-6-5-16(24)25-20(26)29/h1-6,11,13-15,17-19,27-28H,7-9H2,(H2,24,25,29)/t11-,13+,14+,15+,17-,18+,19+,35?/m0/s1. The van der Waals surface area contributed by atoms with Gasteiger partial charge < -0.3 is 25.2 Å². The quantitative estimate of drug-likeness (QED) is 0.302. The second-order valence-corrected chi connectivity index (χ2v) is 11.5. The summed E-state index contributed by atoms with van der Waals surface area (Å²) in [6.45, 7) is -0.868. The number of phosphoric acid groups is 1. The number of thioether (sulfide) groups is 1. The Hall–Kier alpha value is -1.64. The predicted molar refractivity (Wildman–Crippen MR) is 131 cm³/mol. The van der Waals surface area contributed by atoms with Crippen molar-refractivity contribution in [3.8, 4) is 5.75 Å². The number of alkyl halides is 1. The van der Waals surface area contributed by atoms with Gasteiger partial charge in [0.2, 0.25) is 0 Å². The van der Waals surface area contributed by atoms with E-state index < -0.39 is 67.8 Å². The van der Waals surface area contributed by atoms with Crippen molar-refractivity contribution in [3.63, 3.8) is 0 Å². The van der Waals surface area contributed by atoms with Gasteiger partial charge in [0.15, 0.2) is 6.17 Å². The Labute approximate surface area is 216 Å². The molecule has 2 aliphatic rings. The van der Waals surface area contributed by atoms with E-state index in [0.29, 0.717) is 0 Å². The lowest BCUT2D eigenvalue weighted by molar-refractivity contribution is -0.00719. The molecule has 2 fully saturated rings. The number of nitrogens with two attached hydrogens (primary N) is 1. The van der Waals surface area contributed by atoms with Crippen LogP contribution < -0.4 is 15.9 Å². The van der Waals surface area contributed by atoms with Gasteiger partial charge in [0, 0.05) is 12.2 Å². The topological polar surface area (TPSA) is 155 Å². The summed E-state index contributed by atoms with van der Waals surface area (Å²) in [4.78, 5) is 15.7. The number of aliphatic hydroxyl groups is 2. The Morgan fingerprint density at radius 2 is 2.03 bits per heavy atom. The minimum atomic E-state index is -4.43. The van der Waals surface area contributed by atoms with Crippen LogP contribution in [-0.2, 0) is 18.3 Å². The van der Waals surface area contributed by atoms with Crippen molar-refractivity contribution < 1.29 is 37.5 Å². The van der Waals surface area contributed by atoms with Crippen molar-refractivity contribution in [2.24, 2.45) is 0 Å². The van der Waals surface area contributed by atoms with Crippen LogP contribution in [0.25, 0.3) is 0 Å². The van der Waals surface area contributed by atoms with E-state index in [4.69, 9.17) is 43.5 Å². The van der Waals surface area contributed by atoms with Gasteiger partial charge in [-0.2, -0.15) is 4.98 Å². The van der Waals surface area contributed by atoms with Crippen LogP contribution in [0, 0.1) is 0 Å². The highest BCUT2D eigenvalue weighted by atomic mass is 35.5. The summed E-state index contributed by atoms with van der Waals surface area (Å²) >= 11 is 6.99. The van der Waals surface area contributed by atoms with Gasteiger partial charge >= 0.3 is 13.5 Å². The molecule has 2 saturated heterocycles. The normalized spacial score (nSPS) is 31.8. The SMILES string of the molecule is [B][C@H]1C[C@H](O)[C@@H](COP(=O)(OC[C@H]2S[C@@H](n3ccc(N)nc3=O)[C@@H](F)[C@@H]2O)Oc2ccccc2Cl)O1. The summed E-state index contributed by atoms with van der Waals surface area (Å²) in [5, 5.41) is 18.5. The van der Waals surface area contributed by atoms with E-state index in [1.807, 2.05) is 0 Å². The number of anilines is 1. The van der Waals surface area contributed by atoms with E-state index in [1.54, 1.807) is 12.1 Å². The van der Waals surface area contributed by atoms with Gasteiger partial charge in [0.1, 0.15) is 37.0 Å². The molecule has 2 aromatic rings. The van der Waals surface area contributed by atoms with Crippen LogP contribution in [0.1, 0.15) is 11.8 Å². The number of phosphoric ester groups is 1. The third-order valence-electron chi connectivity index (χ3n) is 5.51. The van der Waals surface area contributed by atoms with E-state index in [2.05, 4.69) is 4.98 Å². The largest absolute Gasteiger partial charge is 0.530 e. The maximum Gasteiger partial charge on any atom is 0.530 e. The number of benzene rings is 1. The Kier molecular flexibility index (Phi) is 8.68. The van der Waals surface area contributed by atoms with Gasteiger partial charge in [-0.1, -0.05) is 23.7 Å². The third kappa shape index (κ3) is 6.25. The molecule has 0 saturated carbocycles. The Morgan fingerprint density at radius 3 is 2.69 bits per heavy atom. The minimum absolute atomic E-state index is 0.00698. The molecule has 194 valence electrons. The molecule has 3 heterocycles. The van der Waals surface area contributed by atoms with Gasteiger partial charge in [0.05, 0.1) is 29.6 Å². The molecular formula is C20H23BClFN3O8PS. The molecule has 2 aliphatic heterocycles. The zero-order chi connectivity index (χ0) is 26.0. The van der Waals surface area contributed by atoms with Crippen molar-refractivity contribution in [2.45, 2.75) is 47.5 Å². The number of para-hydroxylation sites is 1. The molecule has 11 nitrogen and oxygen atoms in total. The summed E-state index contributed by atoms with van der Waals surface area (Å²) in [5.41, 5.74) is 4.70. The van der Waals surface area contributed by atoms with E-state index in [1.165, 1.54) is 24.4 Å². The smallest absolute Gasteiger partial charge is 0.402 e. The second kappa shape index (κ2) is 11.4. The number of nitrogens with zero attached hydrogens (tertiary/aromatic N) is 2. The summed E-state index contributed by atoms with van der Waals surface area (Å²) in [6, 6.07) is 6.77. The first-order valence-corrected chi connectivity index (χ1v) is 13.6. The minimum Gasteiger partial charge on any atom is -0.402 e. The number of nitrogen functional groups attached to an aromatic ring is 1. The fraction of sp³-hybridized carbons (Fsp3) is 0.500. The average molecular weight is 562 g/mol. The molecule has 4 N–H and O–H groups in total. The first-order chi connectivity index (χ1) is 17.1. The number of hydrogen-bond acceptors (Lipinski definition) is 11. The number of aromatic nitrogens is 2. The number of halogens is 2. The first-order valence-electron chi connectivity index (χ1n) is 10.8. The molecule has 36 heavy (non-hydrogen) atoms. The number of rotatable bonds is 9. The van der Waals surface area contributed by atoms with Crippen LogP contribution >= 0.6 is 31.2 Å². The van der Waals surface area contributed by atoms with Crippen molar-refractivity contribution in [1.29, 1.82) is 0 Å². The summed E-state index contributed by atoms with van der Waals surface area (Å²) in [6.07, 6.45) is -3.84. The predicted octanol–water partition coefficient (Wildman–Crippen LogP) is 1.66.